The lowest BCUT2D eigenvalue weighted by molar-refractivity contribution is 0.484. The van der Waals surface area contributed by atoms with Crippen molar-refractivity contribution in [2.75, 3.05) is 11.5 Å². The highest BCUT2D eigenvalue weighted by atomic mass is 79.9. The van der Waals surface area contributed by atoms with E-state index in [0.717, 1.165) is 17.3 Å². The molecular weight excluding hydrogens is 328 g/mol. The Hall–Kier alpha value is -0.430. The number of hydrazine groups is 1. The summed E-state index contributed by atoms with van der Waals surface area (Å²) in [6.45, 7) is 1.68. The number of benzene rings is 1. The number of hydrogen-bond acceptors (Lipinski definition) is 4. The molecule has 0 bridgehead atoms. The van der Waals surface area contributed by atoms with Crippen molar-refractivity contribution in [3.8, 4) is 0 Å². The highest BCUT2D eigenvalue weighted by Crippen LogP contribution is 2.13. The van der Waals surface area contributed by atoms with E-state index in [0.29, 0.717) is 6.42 Å². The van der Waals surface area contributed by atoms with E-state index in [1.54, 1.807) is 6.92 Å². The maximum absolute atomic E-state index is 11.4. The van der Waals surface area contributed by atoms with Gasteiger partial charge < -0.3 is 0 Å². The van der Waals surface area contributed by atoms with Crippen LogP contribution in [0.25, 0.3) is 0 Å². The summed E-state index contributed by atoms with van der Waals surface area (Å²) in [5.74, 6) is 5.97. The zero-order valence-electron chi connectivity index (χ0n) is 11.1. The van der Waals surface area contributed by atoms with Crippen LogP contribution in [0.4, 0.5) is 0 Å². The van der Waals surface area contributed by atoms with Crippen LogP contribution in [0.15, 0.2) is 28.7 Å². The van der Waals surface area contributed by atoms with Gasteiger partial charge in [-0.2, -0.15) is 0 Å². The largest absolute Gasteiger partial charge is 0.271 e. The zero-order valence-corrected chi connectivity index (χ0v) is 13.5. The minimum Gasteiger partial charge on any atom is -0.271 e. The van der Waals surface area contributed by atoms with E-state index in [1.165, 1.54) is 5.56 Å². The first-order valence-corrected chi connectivity index (χ1v) is 8.99. The van der Waals surface area contributed by atoms with Gasteiger partial charge in [-0.05, 0) is 37.0 Å². The normalized spacial score (nSPS) is 13.4. The molecule has 0 radical (unpaired) electrons. The third-order valence-electron chi connectivity index (χ3n) is 3.08. The molecule has 1 atom stereocenters. The molecule has 0 saturated heterocycles. The summed E-state index contributed by atoms with van der Waals surface area (Å²) >= 11 is 3.39. The van der Waals surface area contributed by atoms with E-state index in [-0.39, 0.29) is 17.5 Å². The van der Waals surface area contributed by atoms with Crippen molar-refractivity contribution in [2.24, 2.45) is 5.84 Å². The Morgan fingerprint density at radius 2 is 1.95 bits per heavy atom. The fourth-order valence-corrected chi connectivity index (χ4v) is 3.00. The smallest absolute Gasteiger partial charge is 0.150 e. The summed E-state index contributed by atoms with van der Waals surface area (Å²) in [5.41, 5.74) is 3.95. The average molecular weight is 349 g/mol. The van der Waals surface area contributed by atoms with Crippen molar-refractivity contribution in [3.63, 3.8) is 0 Å². The Morgan fingerprint density at radius 1 is 1.32 bits per heavy atom. The van der Waals surface area contributed by atoms with Crippen LogP contribution in [0.5, 0.6) is 0 Å². The molecule has 0 amide bonds. The molecule has 1 aromatic carbocycles. The fourth-order valence-electron chi connectivity index (χ4n) is 1.84. The molecule has 0 aliphatic carbocycles. The van der Waals surface area contributed by atoms with Crippen LogP contribution in [0.1, 0.15) is 25.3 Å². The van der Waals surface area contributed by atoms with E-state index in [1.807, 2.05) is 24.3 Å². The summed E-state index contributed by atoms with van der Waals surface area (Å²) in [6.07, 6.45) is 2.20. The van der Waals surface area contributed by atoms with Crippen molar-refractivity contribution >= 4 is 25.8 Å². The molecule has 1 rings (SSSR count). The van der Waals surface area contributed by atoms with Gasteiger partial charge in [0.15, 0.2) is 0 Å². The number of nitrogens with one attached hydrogen (secondary N) is 1. The van der Waals surface area contributed by atoms with E-state index in [2.05, 4.69) is 21.4 Å². The molecule has 6 heteroatoms. The molecule has 4 nitrogen and oxygen atoms in total. The minimum atomic E-state index is -2.88. The quantitative estimate of drug-likeness (QED) is 0.557. The average Bonchev–Trinajstić information content (AvgIpc) is 2.40. The first-order valence-electron chi connectivity index (χ1n) is 6.38. The van der Waals surface area contributed by atoms with Crippen LogP contribution < -0.4 is 11.3 Å². The lowest BCUT2D eigenvalue weighted by Gasteiger charge is -2.15. The second-order valence-electron chi connectivity index (χ2n) is 4.57. The third-order valence-corrected chi connectivity index (χ3v) is 5.40. The molecule has 0 aromatic heterocycles. The monoisotopic (exact) mass is 348 g/mol. The molecule has 108 valence electrons. The van der Waals surface area contributed by atoms with Gasteiger partial charge in [0.2, 0.25) is 0 Å². The summed E-state index contributed by atoms with van der Waals surface area (Å²) in [7, 11) is -2.88. The Labute approximate surface area is 123 Å². The number of halogens is 1. The Kier molecular flexibility index (Phi) is 6.99. The van der Waals surface area contributed by atoms with Gasteiger partial charge in [-0.3, -0.25) is 11.3 Å². The SMILES string of the molecule is CCS(=O)(=O)CCCC(Cc1ccc(Br)cc1)NN. The molecule has 19 heavy (non-hydrogen) atoms. The maximum atomic E-state index is 11.4. The van der Waals surface area contributed by atoms with E-state index < -0.39 is 9.84 Å². The molecule has 0 fully saturated rings. The van der Waals surface area contributed by atoms with E-state index >= 15 is 0 Å². The van der Waals surface area contributed by atoms with Gasteiger partial charge in [0.1, 0.15) is 9.84 Å². The van der Waals surface area contributed by atoms with Crippen LogP contribution in [-0.4, -0.2) is 26.0 Å². The van der Waals surface area contributed by atoms with Gasteiger partial charge >= 0.3 is 0 Å². The van der Waals surface area contributed by atoms with Gasteiger partial charge in [0.25, 0.3) is 0 Å². The van der Waals surface area contributed by atoms with Crippen LogP contribution >= 0.6 is 15.9 Å². The van der Waals surface area contributed by atoms with Gasteiger partial charge in [0, 0.05) is 16.3 Å². The number of rotatable bonds is 8. The Morgan fingerprint density at radius 3 is 2.47 bits per heavy atom. The molecular formula is C13H21BrN2O2S. The van der Waals surface area contributed by atoms with E-state index in [4.69, 9.17) is 5.84 Å². The number of sulfone groups is 1. The molecule has 0 saturated carbocycles. The van der Waals surface area contributed by atoms with Crippen LogP contribution in [0, 0.1) is 0 Å². The van der Waals surface area contributed by atoms with Gasteiger partial charge in [-0.1, -0.05) is 35.0 Å². The van der Waals surface area contributed by atoms with Crippen molar-refractivity contribution in [1.82, 2.24) is 5.43 Å². The van der Waals surface area contributed by atoms with E-state index in [9.17, 15) is 8.42 Å². The minimum absolute atomic E-state index is 0.105. The highest BCUT2D eigenvalue weighted by molar-refractivity contribution is 9.10. The summed E-state index contributed by atoms with van der Waals surface area (Å²) in [4.78, 5) is 0. The summed E-state index contributed by atoms with van der Waals surface area (Å²) < 4.78 is 23.9. The fraction of sp³-hybridized carbons (Fsp3) is 0.538. The molecule has 3 N–H and O–H groups in total. The molecule has 1 unspecified atom stereocenters. The highest BCUT2D eigenvalue weighted by Gasteiger charge is 2.11. The third kappa shape index (κ3) is 6.51. The first-order chi connectivity index (χ1) is 8.96. The van der Waals surface area contributed by atoms with Crippen LogP contribution in [-0.2, 0) is 16.3 Å². The second kappa shape index (κ2) is 7.99. The summed E-state index contributed by atoms with van der Waals surface area (Å²) in [6, 6.07) is 8.16. The maximum Gasteiger partial charge on any atom is 0.150 e. The Bertz CT molecular complexity index is 474. The lowest BCUT2D eigenvalue weighted by atomic mass is 10.0. The van der Waals surface area contributed by atoms with Crippen molar-refractivity contribution in [2.45, 2.75) is 32.2 Å². The first kappa shape index (κ1) is 16.6. The number of nitrogens with two attached hydrogens (primary N) is 1. The van der Waals surface area contributed by atoms with Crippen molar-refractivity contribution < 1.29 is 8.42 Å². The molecule has 0 aliphatic heterocycles. The predicted octanol–water partition coefficient (Wildman–Crippen LogP) is 2.04. The zero-order chi connectivity index (χ0) is 14.3. The van der Waals surface area contributed by atoms with Crippen molar-refractivity contribution in [3.05, 3.63) is 34.3 Å². The molecule has 0 heterocycles. The lowest BCUT2D eigenvalue weighted by Crippen LogP contribution is -2.37. The van der Waals surface area contributed by atoms with Crippen LogP contribution in [0.2, 0.25) is 0 Å². The topological polar surface area (TPSA) is 72.2 Å². The second-order valence-corrected chi connectivity index (χ2v) is 7.96. The molecule has 1 aromatic rings. The summed E-state index contributed by atoms with van der Waals surface area (Å²) in [5, 5.41) is 0. The van der Waals surface area contributed by atoms with Gasteiger partial charge in [-0.25, -0.2) is 8.42 Å². The Balaban J connectivity index is 2.44. The predicted molar refractivity (Wildman–Crippen MR) is 82.5 cm³/mol. The molecule has 0 aliphatic rings. The molecule has 0 spiro atoms. The van der Waals surface area contributed by atoms with Gasteiger partial charge in [0.05, 0.1) is 5.75 Å². The van der Waals surface area contributed by atoms with Crippen molar-refractivity contribution in [1.29, 1.82) is 0 Å². The van der Waals surface area contributed by atoms with Gasteiger partial charge in [-0.15, -0.1) is 0 Å². The number of hydrogen-bond donors (Lipinski definition) is 2. The standard InChI is InChI=1S/C13H21BrN2O2S/c1-2-19(17,18)9-3-4-13(16-15)10-11-5-7-12(14)8-6-11/h5-8,13,16H,2-4,9-10,15H2,1H3. The van der Waals surface area contributed by atoms with Crippen LogP contribution in [0.3, 0.4) is 0 Å².